The third-order valence-corrected chi connectivity index (χ3v) is 3.68. The van der Waals surface area contributed by atoms with E-state index >= 15 is 0 Å². The summed E-state index contributed by atoms with van der Waals surface area (Å²) >= 11 is 0. The van der Waals surface area contributed by atoms with E-state index in [9.17, 15) is 19.2 Å². The standard InChI is InChI=1S/C17H16N2O6/c1-17(2)24-15(22)12(16(23)25-17)9-18-10-3-5-11(6-4-10)19-13(20)7-8-14(19)21/h3-6,9,18H,7-8H2,1-2H3. The molecule has 8 heteroatoms. The molecule has 0 saturated carbocycles. The summed E-state index contributed by atoms with van der Waals surface area (Å²) in [5.74, 6) is -3.31. The largest absolute Gasteiger partial charge is 0.419 e. The van der Waals surface area contributed by atoms with Crippen molar-refractivity contribution in [1.29, 1.82) is 0 Å². The normalized spacial score (nSPS) is 19.6. The zero-order valence-corrected chi connectivity index (χ0v) is 13.7. The molecule has 2 amide bonds. The van der Waals surface area contributed by atoms with Gasteiger partial charge in [0.25, 0.3) is 5.79 Å². The summed E-state index contributed by atoms with van der Waals surface area (Å²) in [6, 6.07) is 6.44. The van der Waals surface area contributed by atoms with Crippen LogP contribution >= 0.6 is 0 Å². The minimum Gasteiger partial charge on any atom is -0.419 e. The summed E-state index contributed by atoms with van der Waals surface area (Å²) in [4.78, 5) is 48.2. The van der Waals surface area contributed by atoms with Gasteiger partial charge in [0.1, 0.15) is 0 Å². The molecule has 0 unspecified atom stereocenters. The van der Waals surface area contributed by atoms with Crippen LogP contribution in [-0.2, 0) is 28.7 Å². The van der Waals surface area contributed by atoms with Gasteiger partial charge in [0.2, 0.25) is 11.8 Å². The number of carbonyl (C=O) groups excluding carboxylic acids is 4. The summed E-state index contributed by atoms with van der Waals surface area (Å²) in [5, 5.41) is 2.79. The lowest BCUT2D eigenvalue weighted by Crippen LogP contribution is -2.42. The first kappa shape index (κ1) is 16.7. The number of hydrogen-bond donors (Lipinski definition) is 1. The van der Waals surface area contributed by atoms with Crippen molar-refractivity contribution in [3.8, 4) is 0 Å². The van der Waals surface area contributed by atoms with E-state index in [2.05, 4.69) is 5.32 Å². The summed E-state index contributed by atoms with van der Waals surface area (Å²) in [6.45, 7) is 2.93. The van der Waals surface area contributed by atoms with E-state index in [1.165, 1.54) is 20.0 Å². The van der Waals surface area contributed by atoms with Crippen molar-refractivity contribution in [2.75, 3.05) is 10.2 Å². The lowest BCUT2D eigenvalue weighted by Gasteiger charge is -2.29. The SMILES string of the molecule is CC1(C)OC(=O)C(=CNc2ccc(N3C(=O)CCC3=O)cc2)C(=O)O1. The molecule has 130 valence electrons. The number of benzene rings is 1. The molecule has 25 heavy (non-hydrogen) atoms. The Hall–Kier alpha value is -3.16. The van der Waals surface area contributed by atoms with E-state index in [0.29, 0.717) is 11.4 Å². The first-order valence-corrected chi connectivity index (χ1v) is 7.66. The molecule has 2 fully saturated rings. The number of ether oxygens (including phenoxy) is 2. The molecular weight excluding hydrogens is 328 g/mol. The molecule has 0 aromatic heterocycles. The molecule has 8 nitrogen and oxygen atoms in total. The van der Waals surface area contributed by atoms with Gasteiger partial charge in [-0.15, -0.1) is 0 Å². The molecule has 0 radical (unpaired) electrons. The molecule has 0 aliphatic carbocycles. The topological polar surface area (TPSA) is 102 Å². The second-order valence-corrected chi connectivity index (χ2v) is 6.05. The van der Waals surface area contributed by atoms with Crippen molar-refractivity contribution in [2.45, 2.75) is 32.5 Å². The second kappa shape index (κ2) is 6.04. The number of rotatable bonds is 3. The van der Waals surface area contributed by atoms with Gasteiger partial charge >= 0.3 is 11.9 Å². The second-order valence-electron chi connectivity index (χ2n) is 6.05. The highest BCUT2D eigenvalue weighted by Gasteiger charge is 2.39. The predicted molar refractivity (Wildman–Crippen MR) is 86.1 cm³/mol. The van der Waals surface area contributed by atoms with Gasteiger partial charge in [-0.05, 0) is 24.3 Å². The number of amides is 2. The summed E-state index contributed by atoms with van der Waals surface area (Å²) in [7, 11) is 0. The van der Waals surface area contributed by atoms with Gasteiger partial charge in [0, 0.05) is 38.6 Å². The van der Waals surface area contributed by atoms with Crippen LogP contribution in [-0.4, -0.2) is 29.5 Å². The maximum absolute atomic E-state index is 11.8. The van der Waals surface area contributed by atoms with Crippen molar-refractivity contribution in [3.05, 3.63) is 36.0 Å². The van der Waals surface area contributed by atoms with E-state index in [4.69, 9.17) is 9.47 Å². The molecule has 0 atom stereocenters. The molecule has 2 aliphatic rings. The van der Waals surface area contributed by atoms with Gasteiger partial charge < -0.3 is 14.8 Å². The van der Waals surface area contributed by atoms with Crippen molar-refractivity contribution < 1.29 is 28.7 Å². The number of esters is 2. The Morgan fingerprint density at radius 2 is 1.48 bits per heavy atom. The smallest absolute Gasteiger partial charge is 0.350 e. The van der Waals surface area contributed by atoms with Crippen LogP contribution < -0.4 is 10.2 Å². The maximum Gasteiger partial charge on any atom is 0.350 e. The van der Waals surface area contributed by atoms with Crippen molar-refractivity contribution in [3.63, 3.8) is 0 Å². The zero-order chi connectivity index (χ0) is 18.2. The van der Waals surface area contributed by atoms with Gasteiger partial charge in [0.15, 0.2) is 5.57 Å². The van der Waals surface area contributed by atoms with Crippen molar-refractivity contribution in [2.24, 2.45) is 0 Å². The molecule has 2 saturated heterocycles. The van der Waals surface area contributed by atoms with E-state index in [1.807, 2.05) is 0 Å². The molecule has 3 rings (SSSR count). The monoisotopic (exact) mass is 344 g/mol. The Balaban J connectivity index is 1.72. The molecule has 0 bridgehead atoms. The van der Waals surface area contributed by atoms with Crippen LogP contribution in [0.3, 0.4) is 0 Å². The number of hydrogen-bond acceptors (Lipinski definition) is 7. The van der Waals surface area contributed by atoms with E-state index < -0.39 is 17.7 Å². The highest BCUT2D eigenvalue weighted by Crippen LogP contribution is 2.25. The molecule has 0 spiro atoms. The Labute approximate surface area is 143 Å². The number of nitrogens with zero attached hydrogens (tertiary/aromatic N) is 1. The molecule has 2 heterocycles. The Morgan fingerprint density at radius 3 is 2.00 bits per heavy atom. The van der Waals surface area contributed by atoms with Crippen LogP contribution in [0.15, 0.2) is 36.0 Å². The van der Waals surface area contributed by atoms with Gasteiger partial charge in [-0.2, -0.15) is 0 Å². The van der Waals surface area contributed by atoms with Crippen LogP contribution in [0.4, 0.5) is 11.4 Å². The van der Waals surface area contributed by atoms with Crippen LogP contribution in [0, 0.1) is 0 Å². The Kier molecular flexibility index (Phi) is 4.03. The molecule has 1 aromatic carbocycles. The zero-order valence-electron chi connectivity index (χ0n) is 13.7. The van der Waals surface area contributed by atoms with Crippen LogP contribution in [0.25, 0.3) is 0 Å². The third kappa shape index (κ3) is 3.37. The fourth-order valence-electron chi connectivity index (χ4n) is 2.51. The first-order valence-electron chi connectivity index (χ1n) is 7.66. The first-order chi connectivity index (χ1) is 11.8. The number of carbonyl (C=O) groups is 4. The van der Waals surface area contributed by atoms with Gasteiger partial charge in [-0.1, -0.05) is 0 Å². The third-order valence-electron chi connectivity index (χ3n) is 3.68. The van der Waals surface area contributed by atoms with E-state index in [0.717, 1.165) is 4.90 Å². The predicted octanol–water partition coefficient (Wildman–Crippen LogP) is 1.47. The lowest BCUT2D eigenvalue weighted by atomic mass is 10.2. The number of anilines is 2. The summed E-state index contributed by atoms with van der Waals surface area (Å²) in [6.07, 6.45) is 1.62. The minimum absolute atomic E-state index is 0.214. The lowest BCUT2D eigenvalue weighted by molar-refractivity contribution is -0.222. The number of nitrogens with one attached hydrogen (secondary N) is 1. The van der Waals surface area contributed by atoms with Gasteiger partial charge in [-0.3, -0.25) is 14.5 Å². The molecule has 1 aromatic rings. The molecule has 1 N–H and O–H groups in total. The summed E-state index contributed by atoms with van der Waals surface area (Å²) in [5.41, 5.74) is 0.776. The van der Waals surface area contributed by atoms with Gasteiger partial charge in [-0.25, -0.2) is 9.59 Å². The Morgan fingerprint density at radius 1 is 0.960 bits per heavy atom. The number of imide groups is 1. The van der Waals surface area contributed by atoms with Crippen LogP contribution in [0.2, 0.25) is 0 Å². The maximum atomic E-state index is 11.8. The Bertz CT molecular complexity index is 756. The molecule has 2 aliphatic heterocycles. The quantitative estimate of drug-likeness (QED) is 0.383. The van der Waals surface area contributed by atoms with Crippen molar-refractivity contribution in [1.82, 2.24) is 0 Å². The van der Waals surface area contributed by atoms with E-state index in [-0.39, 0.29) is 30.2 Å². The van der Waals surface area contributed by atoms with Crippen LogP contribution in [0.1, 0.15) is 26.7 Å². The number of cyclic esters (lactones) is 2. The minimum atomic E-state index is -1.29. The average Bonchev–Trinajstić information content (AvgIpc) is 2.85. The average molecular weight is 344 g/mol. The van der Waals surface area contributed by atoms with Gasteiger partial charge in [0.05, 0.1) is 5.69 Å². The molecular formula is C17H16N2O6. The summed E-state index contributed by atoms with van der Waals surface area (Å²) < 4.78 is 9.97. The van der Waals surface area contributed by atoms with E-state index in [1.54, 1.807) is 24.3 Å². The fourth-order valence-corrected chi connectivity index (χ4v) is 2.51. The highest BCUT2D eigenvalue weighted by molar-refractivity contribution is 6.19. The van der Waals surface area contributed by atoms with Crippen molar-refractivity contribution >= 4 is 35.1 Å². The highest BCUT2D eigenvalue weighted by atomic mass is 16.7. The van der Waals surface area contributed by atoms with Crippen LogP contribution in [0.5, 0.6) is 0 Å². The fraction of sp³-hybridized carbons (Fsp3) is 0.294.